The third kappa shape index (κ3) is 3.17. The minimum Gasteiger partial charge on any atom is -0.237 e. The molecule has 130 valence electrons. The van der Waals surface area contributed by atoms with Gasteiger partial charge < -0.3 is 0 Å². The highest BCUT2D eigenvalue weighted by molar-refractivity contribution is 7.95. The maximum absolute atomic E-state index is 12.7. The lowest BCUT2D eigenvalue weighted by atomic mass is 10.2. The lowest BCUT2D eigenvalue weighted by Crippen LogP contribution is -2.03. The van der Waals surface area contributed by atoms with Crippen LogP contribution in [0.3, 0.4) is 0 Å². The number of hydrogen-bond donors (Lipinski definition) is 0. The van der Waals surface area contributed by atoms with E-state index < -0.39 is 9.84 Å². The zero-order valence-corrected chi connectivity index (χ0v) is 15.2. The Kier molecular flexibility index (Phi) is 4.74. The SMILES string of the molecule is Cc1nn(-c2ccccc2)c(C)c1C=C(C#N)S(=O)(=O)c1ccccc1. The van der Waals surface area contributed by atoms with Crippen molar-refractivity contribution in [2.45, 2.75) is 18.7 Å². The van der Waals surface area contributed by atoms with Gasteiger partial charge in [0.25, 0.3) is 0 Å². The first-order valence-electron chi connectivity index (χ1n) is 7.98. The molecule has 2 aromatic carbocycles. The van der Waals surface area contributed by atoms with E-state index in [0.29, 0.717) is 11.3 Å². The van der Waals surface area contributed by atoms with Gasteiger partial charge in [0.2, 0.25) is 9.84 Å². The first kappa shape index (κ1) is 17.6. The lowest BCUT2D eigenvalue weighted by molar-refractivity contribution is 0.603. The summed E-state index contributed by atoms with van der Waals surface area (Å²) in [6.45, 7) is 3.64. The maximum atomic E-state index is 12.7. The molecule has 0 fully saturated rings. The Hall–Kier alpha value is -3.17. The monoisotopic (exact) mass is 363 g/mol. The first-order chi connectivity index (χ1) is 12.4. The Bertz CT molecular complexity index is 1110. The van der Waals surface area contributed by atoms with Gasteiger partial charge in [0.1, 0.15) is 11.0 Å². The van der Waals surface area contributed by atoms with Crippen molar-refractivity contribution in [2.24, 2.45) is 0 Å². The van der Waals surface area contributed by atoms with Crippen molar-refractivity contribution in [3.63, 3.8) is 0 Å². The average Bonchev–Trinajstić information content (AvgIpc) is 2.95. The number of benzene rings is 2. The Morgan fingerprint density at radius 1 is 1.04 bits per heavy atom. The smallest absolute Gasteiger partial charge is 0.216 e. The third-order valence-corrected chi connectivity index (χ3v) is 5.76. The van der Waals surface area contributed by atoms with Gasteiger partial charge in [0, 0.05) is 11.3 Å². The molecular weight excluding hydrogens is 346 g/mol. The van der Waals surface area contributed by atoms with Gasteiger partial charge >= 0.3 is 0 Å². The fourth-order valence-corrected chi connectivity index (χ4v) is 3.87. The van der Waals surface area contributed by atoms with E-state index in [-0.39, 0.29) is 9.80 Å². The van der Waals surface area contributed by atoms with Crippen LogP contribution >= 0.6 is 0 Å². The van der Waals surface area contributed by atoms with Crippen LogP contribution in [0.4, 0.5) is 0 Å². The number of allylic oxidation sites excluding steroid dienone is 1. The van der Waals surface area contributed by atoms with E-state index in [9.17, 15) is 13.7 Å². The summed E-state index contributed by atoms with van der Waals surface area (Å²) in [6, 6.07) is 19.3. The van der Waals surface area contributed by atoms with Crippen molar-refractivity contribution >= 4 is 15.9 Å². The van der Waals surface area contributed by atoms with Gasteiger partial charge in [-0.25, -0.2) is 13.1 Å². The maximum Gasteiger partial charge on any atom is 0.216 e. The molecule has 6 heteroatoms. The van der Waals surface area contributed by atoms with Crippen molar-refractivity contribution in [2.75, 3.05) is 0 Å². The minimum absolute atomic E-state index is 0.0959. The molecule has 26 heavy (non-hydrogen) atoms. The van der Waals surface area contributed by atoms with Gasteiger partial charge in [-0.05, 0) is 44.2 Å². The number of para-hydroxylation sites is 1. The Balaban J connectivity index is 2.12. The number of hydrogen-bond acceptors (Lipinski definition) is 4. The van der Waals surface area contributed by atoms with E-state index in [1.165, 1.54) is 18.2 Å². The highest BCUT2D eigenvalue weighted by Gasteiger charge is 2.22. The van der Waals surface area contributed by atoms with Crippen LogP contribution in [0.2, 0.25) is 0 Å². The highest BCUT2D eigenvalue weighted by atomic mass is 32.2. The molecule has 0 aliphatic carbocycles. The number of aryl methyl sites for hydroxylation is 1. The van der Waals surface area contributed by atoms with E-state index in [2.05, 4.69) is 5.10 Å². The van der Waals surface area contributed by atoms with E-state index in [1.807, 2.05) is 43.3 Å². The molecule has 3 aromatic rings. The van der Waals surface area contributed by atoms with Gasteiger partial charge in [-0.2, -0.15) is 10.4 Å². The zero-order chi connectivity index (χ0) is 18.7. The molecule has 1 aromatic heterocycles. The van der Waals surface area contributed by atoms with Crippen LogP contribution in [0.25, 0.3) is 11.8 Å². The molecule has 0 aliphatic rings. The van der Waals surface area contributed by atoms with Crippen LogP contribution < -0.4 is 0 Å². The first-order valence-corrected chi connectivity index (χ1v) is 9.47. The summed E-state index contributed by atoms with van der Waals surface area (Å²) in [5.74, 6) is 0. The molecule has 0 atom stereocenters. The van der Waals surface area contributed by atoms with Crippen LogP contribution in [0.5, 0.6) is 0 Å². The summed E-state index contributed by atoms with van der Waals surface area (Å²) in [5.41, 5.74) is 2.93. The van der Waals surface area contributed by atoms with Gasteiger partial charge in [-0.3, -0.25) is 0 Å². The fourth-order valence-electron chi connectivity index (χ4n) is 2.71. The van der Waals surface area contributed by atoms with Crippen LogP contribution in [-0.2, 0) is 9.84 Å². The normalized spacial score (nSPS) is 12.0. The van der Waals surface area contributed by atoms with Crippen molar-refractivity contribution in [1.29, 1.82) is 5.26 Å². The van der Waals surface area contributed by atoms with Crippen LogP contribution in [0.1, 0.15) is 17.0 Å². The van der Waals surface area contributed by atoms with Crippen molar-refractivity contribution in [3.05, 3.63) is 82.5 Å². The molecule has 0 radical (unpaired) electrons. The average molecular weight is 363 g/mol. The van der Waals surface area contributed by atoms with Crippen molar-refractivity contribution in [3.8, 4) is 11.8 Å². The molecule has 0 unspecified atom stereocenters. The predicted molar refractivity (Wildman–Crippen MR) is 100 cm³/mol. The molecule has 0 saturated carbocycles. The molecule has 0 bridgehead atoms. The molecule has 3 rings (SSSR count). The fraction of sp³-hybridized carbons (Fsp3) is 0.100. The number of nitriles is 1. The second-order valence-electron chi connectivity index (χ2n) is 5.77. The largest absolute Gasteiger partial charge is 0.237 e. The van der Waals surface area contributed by atoms with E-state index in [1.54, 1.807) is 29.8 Å². The summed E-state index contributed by atoms with van der Waals surface area (Å²) in [6.07, 6.45) is 1.40. The molecule has 0 N–H and O–H groups in total. The molecular formula is C20H17N3O2S. The Morgan fingerprint density at radius 2 is 1.62 bits per heavy atom. The van der Waals surface area contributed by atoms with Crippen LogP contribution in [0, 0.1) is 25.2 Å². The predicted octanol–water partition coefficient (Wildman–Crippen LogP) is 3.83. The summed E-state index contributed by atoms with van der Waals surface area (Å²) >= 11 is 0. The molecule has 0 aliphatic heterocycles. The van der Waals surface area contributed by atoms with Crippen LogP contribution in [0.15, 0.2) is 70.5 Å². The quantitative estimate of drug-likeness (QED) is 0.660. The second-order valence-corrected chi connectivity index (χ2v) is 7.69. The zero-order valence-electron chi connectivity index (χ0n) is 14.4. The summed E-state index contributed by atoms with van der Waals surface area (Å²) in [7, 11) is -3.88. The van der Waals surface area contributed by atoms with Crippen molar-refractivity contribution < 1.29 is 8.42 Å². The third-order valence-electron chi connectivity index (χ3n) is 4.08. The standard InChI is InChI=1S/C20H17N3O2S/c1-15-20(16(2)23(22-15)17-9-5-3-6-10-17)13-19(14-21)26(24,25)18-11-7-4-8-12-18/h3-13H,1-2H3. The number of nitrogens with zero attached hydrogens (tertiary/aromatic N) is 3. The van der Waals surface area contributed by atoms with Gasteiger partial charge in [-0.1, -0.05) is 36.4 Å². The van der Waals surface area contributed by atoms with E-state index >= 15 is 0 Å². The van der Waals surface area contributed by atoms with Crippen LogP contribution in [-0.4, -0.2) is 18.2 Å². The number of sulfone groups is 1. The topological polar surface area (TPSA) is 75.8 Å². The van der Waals surface area contributed by atoms with Crippen molar-refractivity contribution in [1.82, 2.24) is 9.78 Å². The Labute approximate surface area is 152 Å². The molecule has 0 saturated heterocycles. The summed E-state index contributed by atoms with van der Waals surface area (Å²) in [5, 5.41) is 14.0. The molecule has 0 amide bonds. The highest BCUT2D eigenvalue weighted by Crippen LogP contribution is 2.25. The summed E-state index contributed by atoms with van der Waals surface area (Å²) in [4.78, 5) is -0.207. The van der Waals surface area contributed by atoms with Gasteiger partial charge in [-0.15, -0.1) is 0 Å². The molecule has 1 heterocycles. The molecule has 5 nitrogen and oxygen atoms in total. The van der Waals surface area contributed by atoms with E-state index in [4.69, 9.17) is 0 Å². The number of rotatable bonds is 4. The van der Waals surface area contributed by atoms with Gasteiger partial charge in [0.15, 0.2) is 0 Å². The molecule has 0 spiro atoms. The Morgan fingerprint density at radius 3 is 2.19 bits per heavy atom. The summed E-state index contributed by atoms with van der Waals surface area (Å²) < 4.78 is 27.2. The lowest BCUT2D eigenvalue weighted by Gasteiger charge is -2.05. The minimum atomic E-state index is -3.88. The second kappa shape index (κ2) is 6.98. The van der Waals surface area contributed by atoms with E-state index in [0.717, 1.165) is 11.4 Å². The van der Waals surface area contributed by atoms with Gasteiger partial charge in [0.05, 0.1) is 16.3 Å². The number of aromatic nitrogens is 2.